The molecule has 4 N–H and O–H groups in total. The Morgan fingerprint density at radius 1 is 1.26 bits per heavy atom. The van der Waals surface area contributed by atoms with Gasteiger partial charge in [-0.15, -0.1) is 0 Å². The molecule has 6 nitrogen and oxygen atoms in total. The molecule has 0 saturated heterocycles. The highest BCUT2D eigenvalue weighted by Crippen LogP contribution is 2.28. The molecule has 1 aromatic carbocycles. The lowest BCUT2D eigenvalue weighted by atomic mass is 9.99. The maximum atomic E-state index is 10.5. The molecule has 100 valence electrons. The van der Waals surface area contributed by atoms with E-state index in [2.05, 4.69) is 10.2 Å². The van der Waals surface area contributed by atoms with Gasteiger partial charge in [0.2, 0.25) is 0 Å². The van der Waals surface area contributed by atoms with E-state index in [1.165, 1.54) is 6.20 Å². The second-order valence-corrected chi connectivity index (χ2v) is 4.18. The smallest absolute Gasteiger partial charge is 0.306 e. The topological polar surface area (TPSA) is 106 Å². The first-order valence-electron chi connectivity index (χ1n) is 5.76. The average Bonchev–Trinajstić information content (AvgIpc) is 2.87. The lowest BCUT2D eigenvalue weighted by Crippen LogP contribution is -2.21. The Morgan fingerprint density at radius 2 is 1.95 bits per heavy atom. The molecule has 0 aliphatic carbocycles. The molecule has 0 amide bonds. The minimum absolute atomic E-state index is 0.375. The summed E-state index contributed by atoms with van der Waals surface area (Å²) >= 11 is 0. The Hall–Kier alpha value is -2.18. The van der Waals surface area contributed by atoms with E-state index in [1.807, 2.05) is 30.3 Å². The lowest BCUT2D eigenvalue weighted by molar-refractivity contribution is -0.141. The molecule has 0 saturated carbocycles. The summed E-state index contributed by atoms with van der Waals surface area (Å²) in [7, 11) is 0. The molecule has 0 radical (unpaired) electrons. The number of carboxylic acids is 1. The summed E-state index contributed by atoms with van der Waals surface area (Å²) in [6, 6.07) is 9.18. The van der Waals surface area contributed by atoms with E-state index in [0.29, 0.717) is 11.3 Å². The van der Waals surface area contributed by atoms with Crippen LogP contribution in [0.4, 0.5) is 0 Å². The van der Waals surface area contributed by atoms with Crippen LogP contribution in [0.2, 0.25) is 0 Å². The predicted molar refractivity (Wildman–Crippen MR) is 67.2 cm³/mol. The summed E-state index contributed by atoms with van der Waals surface area (Å²) < 4.78 is 0. The van der Waals surface area contributed by atoms with Crippen molar-refractivity contribution in [2.75, 3.05) is 0 Å². The van der Waals surface area contributed by atoms with Crippen molar-refractivity contribution in [2.45, 2.75) is 18.6 Å². The number of nitrogens with one attached hydrogen (secondary N) is 1. The van der Waals surface area contributed by atoms with E-state index in [4.69, 9.17) is 5.11 Å². The van der Waals surface area contributed by atoms with Crippen LogP contribution < -0.4 is 0 Å². The van der Waals surface area contributed by atoms with Crippen molar-refractivity contribution in [1.29, 1.82) is 0 Å². The molecule has 2 atom stereocenters. The largest absolute Gasteiger partial charge is 0.481 e. The predicted octanol–water partition coefficient (Wildman–Crippen LogP) is 0.946. The van der Waals surface area contributed by atoms with Crippen LogP contribution in [-0.4, -0.2) is 37.6 Å². The number of carboxylic acid groups (broad SMARTS) is 1. The molecule has 0 fully saturated rings. The zero-order valence-corrected chi connectivity index (χ0v) is 10.0. The molecule has 0 aliphatic rings. The standard InChI is InChI=1S/C13H14N2O4/c16-10(6-11(17)18)13(19)9-7-14-15-12(9)8-4-2-1-3-5-8/h1-5,7,10,13,16,19H,6H2,(H,14,15)(H,17,18). The van der Waals surface area contributed by atoms with Gasteiger partial charge in [0, 0.05) is 5.56 Å². The molecule has 1 aromatic heterocycles. The Balaban J connectivity index is 2.27. The van der Waals surface area contributed by atoms with Crippen molar-refractivity contribution in [3.8, 4) is 11.3 Å². The van der Waals surface area contributed by atoms with Gasteiger partial charge in [0.25, 0.3) is 0 Å². The van der Waals surface area contributed by atoms with Crippen molar-refractivity contribution in [2.24, 2.45) is 0 Å². The normalized spacial score (nSPS) is 14.0. The molecule has 2 unspecified atom stereocenters. The maximum absolute atomic E-state index is 10.5. The number of carbonyl (C=O) groups is 1. The van der Waals surface area contributed by atoms with Gasteiger partial charge in [0.05, 0.1) is 24.4 Å². The highest BCUT2D eigenvalue weighted by atomic mass is 16.4. The van der Waals surface area contributed by atoms with Crippen LogP contribution in [0, 0.1) is 0 Å². The number of benzene rings is 1. The fourth-order valence-electron chi connectivity index (χ4n) is 1.85. The van der Waals surface area contributed by atoms with Crippen LogP contribution in [0.5, 0.6) is 0 Å². The lowest BCUT2D eigenvalue weighted by Gasteiger charge is -2.16. The third-order valence-electron chi connectivity index (χ3n) is 2.80. The summed E-state index contributed by atoms with van der Waals surface area (Å²) in [5.74, 6) is -1.17. The van der Waals surface area contributed by atoms with E-state index in [0.717, 1.165) is 5.56 Å². The van der Waals surface area contributed by atoms with E-state index < -0.39 is 24.6 Å². The molecular weight excluding hydrogens is 248 g/mol. The number of hydrogen-bond acceptors (Lipinski definition) is 4. The van der Waals surface area contributed by atoms with Gasteiger partial charge < -0.3 is 15.3 Å². The monoisotopic (exact) mass is 262 g/mol. The number of aliphatic hydroxyl groups excluding tert-OH is 2. The van der Waals surface area contributed by atoms with Crippen LogP contribution >= 0.6 is 0 Å². The summed E-state index contributed by atoms with van der Waals surface area (Å²) in [5, 5.41) is 34.9. The zero-order valence-electron chi connectivity index (χ0n) is 10.0. The van der Waals surface area contributed by atoms with Gasteiger partial charge >= 0.3 is 5.97 Å². The van der Waals surface area contributed by atoms with Crippen molar-refractivity contribution in [3.63, 3.8) is 0 Å². The van der Waals surface area contributed by atoms with Crippen molar-refractivity contribution in [1.82, 2.24) is 10.2 Å². The fraction of sp³-hybridized carbons (Fsp3) is 0.231. The molecule has 19 heavy (non-hydrogen) atoms. The number of aliphatic hydroxyl groups is 2. The van der Waals surface area contributed by atoms with Gasteiger partial charge in [-0.1, -0.05) is 30.3 Å². The minimum atomic E-state index is -1.38. The number of aliphatic carboxylic acids is 1. The first-order valence-corrected chi connectivity index (χ1v) is 5.76. The number of hydrogen-bond donors (Lipinski definition) is 4. The number of H-pyrrole nitrogens is 1. The summed E-state index contributed by atoms with van der Waals surface area (Å²) in [5.41, 5.74) is 1.74. The third kappa shape index (κ3) is 2.98. The summed E-state index contributed by atoms with van der Waals surface area (Å²) in [4.78, 5) is 10.5. The molecular formula is C13H14N2O4. The molecule has 2 aromatic rings. The number of nitrogens with zero attached hydrogens (tertiary/aromatic N) is 1. The van der Waals surface area contributed by atoms with Crippen LogP contribution in [0.1, 0.15) is 18.1 Å². The zero-order chi connectivity index (χ0) is 13.8. The van der Waals surface area contributed by atoms with Gasteiger partial charge in [-0.25, -0.2) is 0 Å². The Labute approximate surface area is 109 Å². The van der Waals surface area contributed by atoms with Crippen LogP contribution in [0.15, 0.2) is 36.5 Å². The SMILES string of the molecule is O=C(O)CC(O)C(O)c1cn[nH]c1-c1ccccc1. The van der Waals surface area contributed by atoms with Gasteiger partial charge in [0.1, 0.15) is 6.10 Å². The van der Waals surface area contributed by atoms with Crippen molar-refractivity contribution in [3.05, 3.63) is 42.1 Å². The van der Waals surface area contributed by atoms with Gasteiger partial charge in [-0.2, -0.15) is 5.10 Å². The molecule has 0 aliphatic heterocycles. The number of rotatable bonds is 5. The Kier molecular flexibility index (Phi) is 3.94. The highest BCUT2D eigenvalue weighted by molar-refractivity contribution is 5.68. The first-order chi connectivity index (χ1) is 9.09. The average molecular weight is 262 g/mol. The minimum Gasteiger partial charge on any atom is -0.481 e. The van der Waals surface area contributed by atoms with Crippen LogP contribution in [0.3, 0.4) is 0 Å². The van der Waals surface area contributed by atoms with E-state index in [1.54, 1.807) is 0 Å². The fourth-order valence-corrected chi connectivity index (χ4v) is 1.85. The highest BCUT2D eigenvalue weighted by Gasteiger charge is 2.25. The van der Waals surface area contributed by atoms with Gasteiger partial charge in [-0.05, 0) is 5.56 Å². The molecule has 2 rings (SSSR count). The second-order valence-electron chi connectivity index (χ2n) is 4.18. The van der Waals surface area contributed by atoms with Crippen LogP contribution in [0.25, 0.3) is 11.3 Å². The first kappa shape index (κ1) is 13.3. The molecule has 0 spiro atoms. The second kappa shape index (κ2) is 5.64. The summed E-state index contributed by atoms with van der Waals surface area (Å²) in [6.45, 7) is 0. The summed E-state index contributed by atoms with van der Waals surface area (Å²) in [6.07, 6.45) is -1.82. The number of aromatic nitrogens is 2. The van der Waals surface area contributed by atoms with Gasteiger partial charge in [0.15, 0.2) is 0 Å². The third-order valence-corrected chi connectivity index (χ3v) is 2.80. The van der Waals surface area contributed by atoms with E-state index in [9.17, 15) is 15.0 Å². The molecule has 6 heteroatoms. The van der Waals surface area contributed by atoms with Crippen molar-refractivity contribution < 1.29 is 20.1 Å². The van der Waals surface area contributed by atoms with Gasteiger partial charge in [-0.3, -0.25) is 9.89 Å². The van der Waals surface area contributed by atoms with E-state index in [-0.39, 0.29) is 0 Å². The molecule has 1 heterocycles. The van der Waals surface area contributed by atoms with Crippen LogP contribution in [-0.2, 0) is 4.79 Å². The number of aromatic amines is 1. The molecule has 0 bridgehead atoms. The Morgan fingerprint density at radius 3 is 2.58 bits per heavy atom. The maximum Gasteiger partial charge on any atom is 0.306 e. The van der Waals surface area contributed by atoms with Crippen molar-refractivity contribution >= 4 is 5.97 Å². The Bertz CT molecular complexity index is 553. The quantitative estimate of drug-likeness (QED) is 0.641. The van der Waals surface area contributed by atoms with E-state index >= 15 is 0 Å².